The summed E-state index contributed by atoms with van der Waals surface area (Å²) in [4.78, 5) is 22.8. The van der Waals surface area contributed by atoms with E-state index in [1.807, 2.05) is 23.6 Å². The number of hydrogen-bond acceptors (Lipinski definition) is 7. The van der Waals surface area contributed by atoms with Gasteiger partial charge in [-0.25, -0.2) is 4.98 Å². The number of H-pyrrole nitrogens is 1. The van der Waals surface area contributed by atoms with E-state index in [4.69, 9.17) is 9.47 Å². The molecule has 3 aromatic rings. The molecule has 1 aliphatic heterocycles. The number of anilines is 1. The predicted molar refractivity (Wildman–Crippen MR) is 117 cm³/mol. The van der Waals surface area contributed by atoms with E-state index in [0.717, 1.165) is 54.9 Å². The van der Waals surface area contributed by atoms with Crippen molar-refractivity contribution in [2.24, 2.45) is 0 Å². The highest BCUT2D eigenvalue weighted by Gasteiger charge is 2.11. The Morgan fingerprint density at radius 3 is 2.93 bits per heavy atom. The number of nitrogens with zero attached hydrogens (tertiary/aromatic N) is 2. The quantitative estimate of drug-likeness (QED) is 0.618. The number of rotatable bonds is 7. The Bertz CT molecular complexity index is 1020. The molecule has 4 rings (SSSR count). The lowest BCUT2D eigenvalue weighted by Crippen LogP contribution is -2.38. The number of fused-ring (bicyclic) bond motifs is 1. The van der Waals surface area contributed by atoms with Crippen molar-refractivity contribution in [2.45, 2.75) is 19.9 Å². The van der Waals surface area contributed by atoms with Gasteiger partial charge < -0.3 is 19.8 Å². The molecule has 3 heterocycles. The first-order valence-corrected chi connectivity index (χ1v) is 10.8. The second kappa shape index (κ2) is 8.94. The predicted octanol–water partition coefficient (Wildman–Crippen LogP) is 3.18. The topological polar surface area (TPSA) is 79.5 Å². The zero-order valence-electron chi connectivity index (χ0n) is 16.7. The SMILES string of the molecule is CC(C)Nc1nc(-c2cc(=O)c3ccc(OCCN4CCOCC4)cc3[nH]2)cs1. The first kappa shape index (κ1) is 19.9. The van der Waals surface area contributed by atoms with Crippen LogP contribution in [0.5, 0.6) is 5.75 Å². The number of aromatic nitrogens is 2. The van der Waals surface area contributed by atoms with Crippen molar-refractivity contribution in [1.82, 2.24) is 14.9 Å². The monoisotopic (exact) mass is 414 g/mol. The summed E-state index contributed by atoms with van der Waals surface area (Å²) in [5.74, 6) is 0.749. The molecule has 0 saturated carbocycles. The minimum absolute atomic E-state index is 0.0278. The van der Waals surface area contributed by atoms with Crippen molar-refractivity contribution in [2.75, 3.05) is 44.8 Å². The van der Waals surface area contributed by atoms with Gasteiger partial charge in [0.05, 0.1) is 30.1 Å². The standard InChI is InChI=1S/C21H26N4O3S/c1-14(2)22-21-24-19(13-29-21)18-12-20(26)16-4-3-15(11-17(16)23-18)28-10-7-25-5-8-27-9-6-25/h3-4,11-14H,5-10H2,1-2H3,(H,22,24)(H,23,26). The van der Waals surface area contributed by atoms with Gasteiger partial charge in [-0.15, -0.1) is 11.3 Å². The van der Waals surface area contributed by atoms with Gasteiger partial charge in [-0.05, 0) is 26.0 Å². The maximum atomic E-state index is 12.6. The second-order valence-corrected chi connectivity index (χ2v) is 8.25. The summed E-state index contributed by atoms with van der Waals surface area (Å²) in [6, 6.07) is 7.47. The van der Waals surface area contributed by atoms with E-state index in [-0.39, 0.29) is 5.43 Å². The zero-order chi connectivity index (χ0) is 20.2. The molecule has 1 saturated heterocycles. The first-order chi connectivity index (χ1) is 14.1. The molecule has 29 heavy (non-hydrogen) atoms. The van der Waals surface area contributed by atoms with Crippen molar-refractivity contribution >= 4 is 27.4 Å². The van der Waals surface area contributed by atoms with Crippen LogP contribution in [-0.2, 0) is 4.74 Å². The molecule has 0 radical (unpaired) electrons. The molecule has 0 spiro atoms. The molecule has 1 aliphatic rings. The number of nitrogens with one attached hydrogen (secondary N) is 2. The van der Waals surface area contributed by atoms with E-state index >= 15 is 0 Å². The Balaban J connectivity index is 1.50. The van der Waals surface area contributed by atoms with Gasteiger partial charge in [0.15, 0.2) is 10.6 Å². The number of hydrogen-bond donors (Lipinski definition) is 2. The fraction of sp³-hybridized carbons (Fsp3) is 0.429. The van der Waals surface area contributed by atoms with Gasteiger partial charge >= 0.3 is 0 Å². The van der Waals surface area contributed by atoms with Crippen molar-refractivity contribution in [3.05, 3.63) is 39.9 Å². The van der Waals surface area contributed by atoms with Gasteiger partial charge in [-0.2, -0.15) is 0 Å². The van der Waals surface area contributed by atoms with Crippen LogP contribution in [0.3, 0.4) is 0 Å². The average Bonchev–Trinajstić information content (AvgIpc) is 3.16. The molecule has 7 nitrogen and oxygen atoms in total. The summed E-state index contributed by atoms with van der Waals surface area (Å²) in [6.07, 6.45) is 0. The molecule has 154 valence electrons. The summed E-state index contributed by atoms with van der Waals surface area (Å²) in [7, 11) is 0. The van der Waals surface area contributed by atoms with Crippen LogP contribution in [-0.4, -0.2) is 60.4 Å². The van der Waals surface area contributed by atoms with Crippen molar-refractivity contribution in [3.63, 3.8) is 0 Å². The zero-order valence-corrected chi connectivity index (χ0v) is 17.6. The Hall–Kier alpha value is -2.42. The minimum atomic E-state index is -0.0278. The van der Waals surface area contributed by atoms with Gasteiger partial charge in [-0.3, -0.25) is 9.69 Å². The molecule has 2 aromatic heterocycles. The lowest BCUT2D eigenvalue weighted by Gasteiger charge is -2.26. The van der Waals surface area contributed by atoms with Gasteiger partial charge in [0, 0.05) is 48.6 Å². The van der Waals surface area contributed by atoms with Gasteiger partial charge in [0.25, 0.3) is 0 Å². The van der Waals surface area contributed by atoms with E-state index in [1.165, 1.54) is 11.3 Å². The summed E-state index contributed by atoms with van der Waals surface area (Å²) < 4.78 is 11.3. The number of morpholine rings is 1. The average molecular weight is 415 g/mol. The fourth-order valence-electron chi connectivity index (χ4n) is 3.29. The number of benzene rings is 1. The molecule has 0 atom stereocenters. The molecule has 1 aromatic carbocycles. The lowest BCUT2D eigenvalue weighted by molar-refractivity contribution is 0.0322. The van der Waals surface area contributed by atoms with Crippen LogP contribution in [0.4, 0.5) is 5.13 Å². The van der Waals surface area contributed by atoms with Crippen molar-refractivity contribution in [3.8, 4) is 17.1 Å². The summed E-state index contributed by atoms with van der Waals surface area (Å²) in [5, 5.41) is 6.73. The van der Waals surface area contributed by atoms with E-state index in [2.05, 4.69) is 34.0 Å². The third-order valence-electron chi connectivity index (χ3n) is 4.77. The minimum Gasteiger partial charge on any atom is -0.492 e. The number of aromatic amines is 1. The molecule has 0 amide bonds. The highest BCUT2D eigenvalue weighted by atomic mass is 32.1. The van der Waals surface area contributed by atoms with Crippen LogP contribution in [0.15, 0.2) is 34.4 Å². The molecule has 0 bridgehead atoms. The van der Waals surface area contributed by atoms with Crippen molar-refractivity contribution < 1.29 is 9.47 Å². The summed E-state index contributed by atoms with van der Waals surface area (Å²) in [5.41, 5.74) is 2.19. The van der Waals surface area contributed by atoms with E-state index in [1.54, 1.807) is 6.07 Å². The summed E-state index contributed by atoms with van der Waals surface area (Å²) >= 11 is 1.53. The van der Waals surface area contributed by atoms with Crippen LogP contribution >= 0.6 is 11.3 Å². The van der Waals surface area contributed by atoms with Gasteiger partial charge in [0.2, 0.25) is 0 Å². The highest BCUT2D eigenvalue weighted by Crippen LogP contribution is 2.25. The largest absolute Gasteiger partial charge is 0.492 e. The maximum Gasteiger partial charge on any atom is 0.190 e. The fourth-order valence-corrected chi connectivity index (χ4v) is 4.15. The van der Waals surface area contributed by atoms with Crippen LogP contribution < -0.4 is 15.5 Å². The Labute approximate surface area is 173 Å². The lowest BCUT2D eigenvalue weighted by atomic mass is 10.1. The van der Waals surface area contributed by atoms with Crippen LogP contribution in [0.25, 0.3) is 22.3 Å². The van der Waals surface area contributed by atoms with Gasteiger partial charge in [-0.1, -0.05) is 0 Å². The smallest absolute Gasteiger partial charge is 0.190 e. The molecule has 8 heteroatoms. The van der Waals surface area contributed by atoms with Gasteiger partial charge in [0.1, 0.15) is 12.4 Å². The third-order valence-corrected chi connectivity index (χ3v) is 5.55. The highest BCUT2D eigenvalue weighted by molar-refractivity contribution is 7.14. The third kappa shape index (κ3) is 4.95. The van der Waals surface area contributed by atoms with E-state index in [9.17, 15) is 4.79 Å². The first-order valence-electron chi connectivity index (χ1n) is 9.91. The Morgan fingerprint density at radius 2 is 2.14 bits per heavy atom. The van der Waals surface area contributed by atoms with E-state index < -0.39 is 0 Å². The molecule has 1 fully saturated rings. The van der Waals surface area contributed by atoms with Crippen LogP contribution in [0.2, 0.25) is 0 Å². The molecule has 0 aliphatic carbocycles. The number of pyridine rings is 1. The molecule has 2 N–H and O–H groups in total. The summed E-state index contributed by atoms with van der Waals surface area (Å²) in [6.45, 7) is 9.06. The Morgan fingerprint density at radius 1 is 1.31 bits per heavy atom. The second-order valence-electron chi connectivity index (χ2n) is 7.39. The van der Waals surface area contributed by atoms with E-state index in [0.29, 0.717) is 23.7 Å². The Kier molecular flexibility index (Phi) is 6.13. The normalized spacial score (nSPS) is 15.1. The molecular weight excluding hydrogens is 388 g/mol. The molecular formula is C21H26N4O3S. The van der Waals surface area contributed by atoms with Crippen molar-refractivity contribution in [1.29, 1.82) is 0 Å². The van der Waals surface area contributed by atoms with Crippen LogP contribution in [0, 0.1) is 0 Å². The number of ether oxygens (including phenoxy) is 2. The number of thiazole rings is 1. The maximum absolute atomic E-state index is 12.6. The molecule has 0 unspecified atom stereocenters. The van der Waals surface area contributed by atoms with Crippen LogP contribution in [0.1, 0.15) is 13.8 Å².